The maximum Gasteiger partial charge on any atom is 0.454 e. The fraction of sp³-hybridized carbons (Fsp3) is 1.00. The van der Waals surface area contributed by atoms with E-state index in [1.807, 2.05) is 0 Å². The maximum atomic E-state index is 6.54. The molecule has 36 heavy (non-hydrogen) atoms. The van der Waals surface area contributed by atoms with E-state index in [1.165, 1.54) is 51.4 Å². The van der Waals surface area contributed by atoms with Crippen molar-refractivity contribution in [1.82, 2.24) is 0 Å². The van der Waals surface area contributed by atoms with Gasteiger partial charge in [-0.25, -0.2) is 0 Å². The Bertz CT molecular complexity index is 825. The summed E-state index contributed by atoms with van der Waals surface area (Å²) in [6.45, 7) is 19.1. The van der Waals surface area contributed by atoms with Gasteiger partial charge in [-0.2, -0.15) is 0 Å². The van der Waals surface area contributed by atoms with Crippen LogP contribution in [0.25, 0.3) is 0 Å². The zero-order valence-electron chi connectivity index (χ0n) is 24.4. The van der Waals surface area contributed by atoms with E-state index >= 15 is 0 Å². The monoisotopic (exact) mass is 498 g/mol. The van der Waals surface area contributed by atoms with Crippen molar-refractivity contribution in [2.45, 2.75) is 131 Å². The van der Waals surface area contributed by atoms with Gasteiger partial charge in [0.25, 0.3) is 0 Å². The molecule has 13 atom stereocenters. The zero-order chi connectivity index (χ0) is 25.6. The highest BCUT2D eigenvalue weighted by Gasteiger charge is 2.63. The van der Waals surface area contributed by atoms with Gasteiger partial charge in [-0.05, 0) is 123 Å². The fourth-order valence-corrected chi connectivity index (χ4v) is 11.0. The summed E-state index contributed by atoms with van der Waals surface area (Å²) in [6.07, 6.45) is 12.0. The van der Waals surface area contributed by atoms with Crippen molar-refractivity contribution in [3.05, 3.63) is 0 Å². The molecule has 0 bridgehead atoms. The molecule has 2 aliphatic heterocycles. The Morgan fingerprint density at radius 1 is 0.722 bits per heavy atom. The van der Waals surface area contributed by atoms with Crippen LogP contribution in [0.1, 0.15) is 92.9 Å². The summed E-state index contributed by atoms with van der Waals surface area (Å²) in [6, 6.07) is 0. The van der Waals surface area contributed by atoms with Crippen LogP contribution in [-0.4, -0.2) is 38.7 Å². The minimum atomic E-state index is -0.0701. The molecule has 4 saturated carbocycles. The summed E-state index contributed by atoms with van der Waals surface area (Å²) in [4.78, 5) is 0. The molecule has 0 spiro atoms. The van der Waals surface area contributed by atoms with E-state index < -0.39 is 0 Å². The number of hydrogen-bond acceptors (Lipinski definition) is 4. The van der Waals surface area contributed by atoms with Crippen LogP contribution in [-0.2, 0) is 18.6 Å². The van der Waals surface area contributed by atoms with Crippen molar-refractivity contribution < 1.29 is 18.6 Å². The van der Waals surface area contributed by atoms with Gasteiger partial charge in [-0.1, -0.05) is 41.5 Å². The van der Waals surface area contributed by atoms with E-state index in [1.54, 1.807) is 0 Å². The highest BCUT2D eigenvalue weighted by atomic mass is 16.7. The Hall–Kier alpha value is -0.0301. The Labute approximate surface area is 222 Å². The highest BCUT2D eigenvalue weighted by Crippen LogP contribution is 2.69. The van der Waals surface area contributed by atoms with Crippen LogP contribution >= 0.6 is 0 Å². The van der Waals surface area contributed by atoms with Crippen LogP contribution in [0.5, 0.6) is 0 Å². The standard InChI is InChI=1S/C30H52B2O4/c1-17(2)18(3)27-28(36-32(8)35-27)19(4)22-11-12-23-21-10-9-20-15-25-26(34-31(7)33-25)16-30(20,6)24(21)13-14-29(22,23)5/h17-28H,9-16H2,1-8H3/t18-,19-,20-,21?,22+,23?,24?,25-,26+,27+,28+,29+,30-/m0/s1. The van der Waals surface area contributed by atoms with Gasteiger partial charge in [-0.15, -0.1) is 0 Å². The van der Waals surface area contributed by atoms with E-state index in [0.717, 1.165) is 29.6 Å². The molecule has 6 heteroatoms. The third-order valence-corrected chi connectivity index (χ3v) is 13.2. The third kappa shape index (κ3) is 3.93. The van der Waals surface area contributed by atoms with Crippen molar-refractivity contribution in [3.63, 3.8) is 0 Å². The lowest BCUT2D eigenvalue weighted by Crippen LogP contribution is -2.56. The summed E-state index contributed by atoms with van der Waals surface area (Å²) in [5, 5.41) is 0. The van der Waals surface area contributed by atoms with Crippen LogP contribution in [0.3, 0.4) is 0 Å². The number of fused-ring (bicyclic) bond motifs is 6. The second kappa shape index (κ2) is 9.27. The quantitative estimate of drug-likeness (QED) is 0.392. The molecule has 3 unspecified atom stereocenters. The predicted octanol–water partition coefficient (Wildman–Crippen LogP) is 6.99. The molecule has 0 aromatic rings. The Balaban J connectivity index is 1.21. The highest BCUT2D eigenvalue weighted by molar-refractivity contribution is 6.43. The van der Waals surface area contributed by atoms with Gasteiger partial charge in [0, 0.05) is 0 Å². The Morgan fingerprint density at radius 2 is 1.39 bits per heavy atom. The van der Waals surface area contributed by atoms with E-state index in [0.29, 0.717) is 40.8 Å². The molecule has 4 aliphatic carbocycles. The maximum absolute atomic E-state index is 6.54. The average Bonchev–Trinajstić information content (AvgIpc) is 3.49. The van der Waals surface area contributed by atoms with Crippen LogP contribution < -0.4 is 0 Å². The van der Waals surface area contributed by atoms with Gasteiger partial charge in [0.05, 0.1) is 24.4 Å². The first-order valence-corrected chi connectivity index (χ1v) is 15.6. The molecule has 0 N–H and O–H groups in total. The molecule has 6 rings (SSSR count). The SMILES string of the molecule is CB1O[C@H]([C@@H](C)[C@H]2CCC3C4CC[C@H]5C[C@@H]6OB(C)O[C@@H]6C[C@]5(C)C4CC[C@@]32C)[C@@H]([C@@H](C)C(C)C)O1. The van der Waals surface area contributed by atoms with Gasteiger partial charge in [0.2, 0.25) is 0 Å². The smallest absolute Gasteiger partial charge is 0.406 e. The molecule has 0 aromatic heterocycles. The molecule has 202 valence electrons. The van der Waals surface area contributed by atoms with Crippen LogP contribution in [0.15, 0.2) is 0 Å². The number of hydrogen-bond donors (Lipinski definition) is 0. The predicted molar refractivity (Wildman–Crippen MR) is 146 cm³/mol. The van der Waals surface area contributed by atoms with Crippen LogP contribution in [0.4, 0.5) is 0 Å². The fourth-order valence-electron chi connectivity index (χ4n) is 11.0. The van der Waals surface area contributed by atoms with Crippen molar-refractivity contribution in [1.29, 1.82) is 0 Å². The minimum Gasteiger partial charge on any atom is -0.406 e. The van der Waals surface area contributed by atoms with E-state index in [9.17, 15) is 0 Å². The van der Waals surface area contributed by atoms with E-state index in [2.05, 4.69) is 55.2 Å². The Morgan fingerprint density at radius 3 is 2.14 bits per heavy atom. The first-order chi connectivity index (χ1) is 17.0. The molecule has 6 fully saturated rings. The van der Waals surface area contributed by atoms with Crippen molar-refractivity contribution in [3.8, 4) is 0 Å². The van der Waals surface area contributed by atoms with Crippen molar-refractivity contribution in [2.75, 3.05) is 0 Å². The summed E-state index contributed by atoms with van der Waals surface area (Å²) in [5.74, 6) is 5.89. The molecule has 4 nitrogen and oxygen atoms in total. The van der Waals surface area contributed by atoms with Gasteiger partial charge in [0.15, 0.2) is 0 Å². The lowest BCUT2D eigenvalue weighted by atomic mass is 9.44. The summed E-state index contributed by atoms with van der Waals surface area (Å²) in [5.41, 5.74) is 0.876. The topological polar surface area (TPSA) is 36.9 Å². The third-order valence-electron chi connectivity index (χ3n) is 13.2. The van der Waals surface area contributed by atoms with Gasteiger partial charge in [-0.3, -0.25) is 0 Å². The second-order valence-corrected chi connectivity index (χ2v) is 15.0. The van der Waals surface area contributed by atoms with Crippen LogP contribution in [0, 0.1) is 58.2 Å². The zero-order valence-corrected chi connectivity index (χ0v) is 24.4. The van der Waals surface area contributed by atoms with E-state index in [-0.39, 0.29) is 26.4 Å². The molecule has 6 aliphatic rings. The first-order valence-electron chi connectivity index (χ1n) is 15.6. The first kappa shape index (κ1) is 26.2. The molecular formula is C30H52B2O4. The number of rotatable bonds is 4. The molecule has 2 heterocycles. The largest absolute Gasteiger partial charge is 0.454 e. The van der Waals surface area contributed by atoms with Crippen LogP contribution in [0.2, 0.25) is 13.6 Å². The molecule has 0 amide bonds. The van der Waals surface area contributed by atoms with E-state index in [4.69, 9.17) is 18.6 Å². The minimum absolute atomic E-state index is 0.0157. The lowest BCUT2D eigenvalue weighted by Gasteiger charge is -2.62. The lowest BCUT2D eigenvalue weighted by molar-refractivity contribution is -0.141. The molecule has 0 radical (unpaired) electrons. The van der Waals surface area contributed by atoms with Crippen molar-refractivity contribution in [2.24, 2.45) is 58.2 Å². The van der Waals surface area contributed by atoms with Gasteiger partial charge >= 0.3 is 14.2 Å². The van der Waals surface area contributed by atoms with Crippen molar-refractivity contribution >= 4 is 14.2 Å². The van der Waals surface area contributed by atoms with Gasteiger partial charge in [0.1, 0.15) is 0 Å². The summed E-state index contributed by atoms with van der Waals surface area (Å²) >= 11 is 0. The molecule has 0 aromatic carbocycles. The summed E-state index contributed by atoms with van der Waals surface area (Å²) in [7, 11) is -0.0859. The molecular weight excluding hydrogens is 446 g/mol. The average molecular weight is 498 g/mol. The normalized spacial score (nSPS) is 52.1. The molecule has 2 saturated heterocycles. The second-order valence-electron chi connectivity index (χ2n) is 15.0. The summed E-state index contributed by atoms with van der Waals surface area (Å²) < 4.78 is 25.4. The Kier molecular flexibility index (Phi) is 6.75. The van der Waals surface area contributed by atoms with Gasteiger partial charge < -0.3 is 18.6 Å².